The highest BCUT2D eigenvalue weighted by Crippen LogP contribution is 2.34. The van der Waals surface area contributed by atoms with Crippen molar-refractivity contribution in [2.24, 2.45) is 0 Å². The summed E-state index contributed by atoms with van der Waals surface area (Å²) in [6, 6.07) is 5.96. The Morgan fingerprint density at radius 3 is 3.00 bits per heavy atom. The van der Waals surface area contributed by atoms with Gasteiger partial charge in [0.05, 0.1) is 12.2 Å². The van der Waals surface area contributed by atoms with E-state index in [0.717, 1.165) is 23.4 Å². The van der Waals surface area contributed by atoms with E-state index >= 15 is 0 Å². The molecule has 0 saturated carbocycles. The average Bonchev–Trinajstić information content (AvgIpc) is 2.29. The van der Waals surface area contributed by atoms with Crippen LogP contribution >= 0.6 is 11.6 Å². The Morgan fingerprint density at radius 1 is 1.53 bits per heavy atom. The summed E-state index contributed by atoms with van der Waals surface area (Å²) in [6.07, 6.45) is 2.48. The molecule has 1 N–H and O–H groups in total. The Bertz CT molecular complexity index is 359. The monoisotopic (exact) mass is 226 g/mol. The lowest BCUT2D eigenvalue weighted by molar-refractivity contribution is -0.0606. The van der Waals surface area contributed by atoms with Crippen LogP contribution in [0.1, 0.15) is 17.5 Å². The summed E-state index contributed by atoms with van der Waals surface area (Å²) in [7, 11) is 1.65. The fraction of sp³-hybridized carbons (Fsp3) is 0.500. The van der Waals surface area contributed by atoms with Gasteiger partial charge >= 0.3 is 0 Å². The number of benzene rings is 1. The Kier molecular flexibility index (Phi) is 3.01. The summed E-state index contributed by atoms with van der Waals surface area (Å²) in [4.78, 5) is 0. The molecule has 3 heteroatoms. The fourth-order valence-corrected chi connectivity index (χ4v) is 2.44. The molecule has 0 aliphatic heterocycles. The minimum Gasteiger partial charge on any atom is -0.393 e. The van der Waals surface area contributed by atoms with Gasteiger partial charge in [-0.25, -0.2) is 0 Å². The summed E-state index contributed by atoms with van der Waals surface area (Å²) < 4.78 is 5.43. The third kappa shape index (κ3) is 1.89. The molecule has 0 spiro atoms. The third-order valence-corrected chi connectivity index (χ3v) is 3.64. The van der Waals surface area contributed by atoms with Crippen LogP contribution in [0.4, 0.5) is 0 Å². The minimum absolute atomic E-state index is 0.0498. The summed E-state index contributed by atoms with van der Waals surface area (Å²) in [6.45, 7) is 0.0498. The number of ether oxygens (including phenoxy) is 1. The first-order chi connectivity index (χ1) is 7.21. The maximum absolute atomic E-state index is 9.39. The summed E-state index contributed by atoms with van der Waals surface area (Å²) >= 11 is 6.15. The predicted octanol–water partition coefficient (Wildman–Crippen LogP) is 2.21. The van der Waals surface area contributed by atoms with Crippen molar-refractivity contribution in [2.45, 2.75) is 24.9 Å². The molecule has 0 heterocycles. The molecule has 1 aromatic rings. The van der Waals surface area contributed by atoms with Crippen molar-refractivity contribution in [3.8, 4) is 0 Å². The number of halogens is 1. The van der Waals surface area contributed by atoms with Crippen LogP contribution in [0.25, 0.3) is 0 Å². The quantitative estimate of drug-likeness (QED) is 0.838. The normalized spacial score (nSPS) is 25.0. The molecule has 1 aliphatic carbocycles. The van der Waals surface area contributed by atoms with Crippen LogP contribution in [0.2, 0.25) is 5.02 Å². The maximum Gasteiger partial charge on any atom is 0.0952 e. The van der Waals surface area contributed by atoms with Gasteiger partial charge in [0.25, 0.3) is 0 Å². The number of hydrogen-bond acceptors (Lipinski definition) is 2. The molecule has 15 heavy (non-hydrogen) atoms. The predicted molar refractivity (Wildman–Crippen MR) is 60.3 cm³/mol. The van der Waals surface area contributed by atoms with E-state index in [-0.39, 0.29) is 6.61 Å². The second kappa shape index (κ2) is 4.12. The number of methoxy groups -OCH3 is 1. The number of rotatable bonds is 2. The number of aliphatic hydroxyl groups excluding tert-OH is 1. The van der Waals surface area contributed by atoms with Crippen LogP contribution in [-0.4, -0.2) is 24.4 Å². The Balaban J connectivity index is 2.36. The molecule has 0 amide bonds. The van der Waals surface area contributed by atoms with Gasteiger partial charge in [-0.05, 0) is 30.0 Å². The Labute approximate surface area is 94.8 Å². The molecule has 2 nitrogen and oxygen atoms in total. The molecule has 0 saturated heterocycles. The van der Waals surface area contributed by atoms with E-state index in [1.165, 1.54) is 5.56 Å². The first-order valence-corrected chi connectivity index (χ1v) is 5.51. The highest BCUT2D eigenvalue weighted by molar-refractivity contribution is 6.31. The van der Waals surface area contributed by atoms with Crippen molar-refractivity contribution in [1.29, 1.82) is 0 Å². The second-order valence-electron chi connectivity index (χ2n) is 4.10. The number of aliphatic hydroxyl groups is 1. The average molecular weight is 227 g/mol. The van der Waals surface area contributed by atoms with Crippen LogP contribution in [0.3, 0.4) is 0 Å². The highest BCUT2D eigenvalue weighted by Gasteiger charge is 2.34. The smallest absolute Gasteiger partial charge is 0.0952 e. The zero-order valence-corrected chi connectivity index (χ0v) is 9.55. The Hall–Kier alpha value is -0.570. The van der Waals surface area contributed by atoms with E-state index in [2.05, 4.69) is 6.07 Å². The lowest BCUT2D eigenvalue weighted by atomic mass is 9.81. The van der Waals surface area contributed by atoms with Crippen molar-refractivity contribution < 1.29 is 9.84 Å². The molecule has 2 rings (SSSR count). The van der Waals surface area contributed by atoms with Gasteiger partial charge in [0.2, 0.25) is 0 Å². The second-order valence-corrected chi connectivity index (χ2v) is 4.51. The lowest BCUT2D eigenvalue weighted by Crippen LogP contribution is -2.41. The molecule has 1 atom stereocenters. The molecule has 0 bridgehead atoms. The van der Waals surface area contributed by atoms with E-state index in [9.17, 15) is 5.11 Å². The van der Waals surface area contributed by atoms with Gasteiger partial charge < -0.3 is 9.84 Å². The molecule has 1 aromatic carbocycles. The maximum atomic E-state index is 9.39. The first-order valence-electron chi connectivity index (χ1n) is 5.13. The molecular formula is C12H15ClO2. The number of hydrogen-bond donors (Lipinski definition) is 1. The number of aryl methyl sites for hydroxylation is 1. The summed E-state index contributed by atoms with van der Waals surface area (Å²) in [5, 5.41) is 10.2. The topological polar surface area (TPSA) is 29.5 Å². The molecule has 1 aliphatic rings. The fourth-order valence-electron chi connectivity index (χ4n) is 2.18. The van der Waals surface area contributed by atoms with E-state index in [1.807, 2.05) is 12.1 Å². The lowest BCUT2D eigenvalue weighted by Gasteiger charge is -2.35. The first kappa shape index (κ1) is 10.9. The van der Waals surface area contributed by atoms with Gasteiger partial charge in [0.15, 0.2) is 0 Å². The third-order valence-electron chi connectivity index (χ3n) is 3.29. The zero-order chi connectivity index (χ0) is 10.9. The molecule has 0 radical (unpaired) electrons. The summed E-state index contributed by atoms with van der Waals surface area (Å²) in [5.74, 6) is 0. The van der Waals surface area contributed by atoms with Crippen molar-refractivity contribution in [2.75, 3.05) is 13.7 Å². The zero-order valence-electron chi connectivity index (χ0n) is 8.79. The molecule has 82 valence electrons. The molecule has 0 fully saturated rings. The minimum atomic E-state index is -0.433. The molecule has 0 aromatic heterocycles. The standard InChI is InChI=1S/C12H15ClO2/c1-15-12(8-14)6-5-9-3-2-4-11(13)10(9)7-12/h2-4,14H,5-8H2,1H3. The van der Waals surface area contributed by atoms with E-state index < -0.39 is 5.60 Å². The molecule has 1 unspecified atom stereocenters. The van der Waals surface area contributed by atoms with E-state index in [4.69, 9.17) is 16.3 Å². The van der Waals surface area contributed by atoms with Gasteiger partial charge in [-0.3, -0.25) is 0 Å². The van der Waals surface area contributed by atoms with Gasteiger partial charge in [-0.15, -0.1) is 0 Å². The van der Waals surface area contributed by atoms with Gasteiger partial charge in [-0.2, -0.15) is 0 Å². The highest BCUT2D eigenvalue weighted by atomic mass is 35.5. The van der Waals surface area contributed by atoms with Crippen LogP contribution in [0, 0.1) is 0 Å². The van der Waals surface area contributed by atoms with Crippen molar-refractivity contribution >= 4 is 11.6 Å². The van der Waals surface area contributed by atoms with E-state index in [0.29, 0.717) is 6.42 Å². The Morgan fingerprint density at radius 2 is 2.33 bits per heavy atom. The van der Waals surface area contributed by atoms with Crippen LogP contribution in [0.5, 0.6) is 0 Å². The van der Waals surface area contributed by atoms with Crippen LogP contribution in [-0.2, 0) is 17.6 Å². The van der Waals surface area contributed by atoms with Crippen molar-refractivity contribution in [3.63, 3.8) is 0 Å². The summed E-state index contributed by atoms with van der Waals surface area (Å²) in [5.41, 5.74) is 1.97. The molecular weight excluding hydrogens is 212 g/mol. The largest absolute Gasteiger partial charge is 0.393 e. The number of fused-ring (bicyclic) bond motifs is 1. The van der Waals surface area contributed by atoms with Crippen LogP contribution in [0.15, 0.2) is 18.2 Å². The SMILES string of the molecule is COC1(CO)CCc2cccc(Cl)c2C1. The van der Waals surface area contributed by atoms with Gasteiger partial charge in [0, 0.05) is 18.6 Å². The van der Waals surface area contributed by atoms with Crippen molar-refractivity contribution in [1.82, 2.24) is 0 Å². The van der Waals surface area contributed by atoms with E-state index in [1.54, 1.807) is 7.11 Å². The van der Waals surface area contributed by atoms with Crippen LogP contribution < -0.4 is 0 Å². The van der Waals surface area contributed by atoms with Gasteiger partial charge in [0.1, 0.15) is 0 Å². The van der Waals surface area contributed by atoms with Gasteiger partial charge in [-0.1, -0.05) is 23.7 Å². The van der Waals surface area contributed by atoms with Crippen molar-refractivity contribution in [3.05, 3.63) is 34.3 Å².